The molecule has 1 aromatic heterocycles. The number of carboxylic acid groups (broad SMARTS) is 1. The molecule has 19 N–H and O–H groups in total. The third kappa shape index (κ3) is 17.4. The number of carboxylic acids is 1. The number of aromatic amines is 1. The number of para-hydroxylation sites is 1. The predicted molar refractivity (Wildman–Crippen MR) is 270 cm³/mol. The molecule has 25 heteroatoms. The van der Waals surface area contributed by atoms with Gasteiger partial charge in [-0.05, 0) is 70.1 Å². The molecule has 0 unspecified atom stereocenters. The van der Waals surface area contributed by atoms with E-state index in [-0.39, 0.29) is 69.3 Å². The number of nitrogens with zero attached hydrogens (tertiary/aromatic N) is 2. The number of nitrogens with two attached hydrogens (primary N) is 5. The third-order valence-corrected chi connectivity index (χ3v) is 14.5. The summed E-state index contributed by atoms with van der Waals surface area (Å²) < 4.78 is -1.25. The number of H-pyrrole nitrogens is 1. The first-order valence-electron chi connectivity index (χ1n) is 22.7. The van der Waals surface area contributed by atoms with Crippen molar-refractivity contribution in [2.24, 2.45) is 38.7 Å². The van der Waals surface area contributed by atoms with Gasteiger partial charge in [0.2, 0.25) is 35.4 Å². The van der Waals surface area contributed by atoms with Crippen LogP contribution in [0.4, 0.5) is 0 Å². The number of aliphatic hydroxyl groups is 1. The van der Waals surface area contributed by atoms with Crippen LogP contribution in [0.2, 0.25) is 0 Å². The van der Waals surface area contributed by atoms with Crippen molar-refractivity contribution in [3.63, 3.8) is 0 Å². The van der Waals surface area contributed by atoms with Crippen molar-refractivity contribution in [1.82, 2.24) is 36.9 Å². The van der Waals surface area contributed by atoms with Crippen molar-refractivity contribution in [2.75, 3.05) is 18.8 Å². The molecule has 1 aliphatic heterocycles. The predicted octanol–water partition coefficient (Wildman–Crippen LogP) is -1.67. The number of hydrogen-bond donors (Lipinski definition) is 14. The van der Waals surface area contributed by atoms with Gasteiger partial charge < -0.3 is 75.8 Å². The van der Waals surface area contributed by atoms with Gasteiger partial charge in [-0.2, -0.15) is 0 Å². The molecule has 6 amide bonds. The van der Waals surface area contributed by atoms with E-state index in [1.54, 1.807) is 56.4 Å². The van der Waals surface area contributed by atoms with Gasteiger partial charge in [-0.25, -0.2) is 4.79 Å². The molecule has 4 rings (SSSR count). The minimum atomic E-state index is -1.67. The Balaban J connectivity index is 1.78. The second-order valence-electron chi connectivity index (χ2n) is 17.3. The number of amides is 6. The molecule has 2 heterocycles. The van der Waals surface area contributed by atoms with E-state index in [0.29, 0.717) is 17.5 Å². The highest BCUT2D eigenvalue weighted by atomic mass is 33.1. The first-order valence-corrected chi connectivity index (χ1v) is 25.0. The molecular formula is C45H66N14O9S2. The average molecular weight is 1010 g/mol. The number of fused-ring (bicyclic) bond motifs is 1. The van der Waals surface area contributed by atoms with Crippen LogP contribution in [-0.2, 0) is 46.4 Å². The van der Waals surface area contributed by atoms with E-state index in [1.165, 1.54) is 6.92 Å². The van der Waals surface area contributed by atoms with E-state index in [2.05, 4.69) is 46.9 Å². The molecule has 382 valence electrons. The summed E-state index contributed by atoms with van der Waals surface area (Å²) in [6.45, 7) is 4.70. The lowest BCUT2D eigenvalue weighted by Crippen LogP contribution is -2.62. The largest absolute Gasteiger partial charge is 0.480 e. The van der Waals surface area contributed by atoms with Crippen LogP contribution in [0.5, 0.6) is 0 Å². The first kappa shape index (κ1) is 56.0. The number of rotatable bonds is 16. The molecule has 0 saturated carbocycles. The monoisotopic (exact) mass is 1010 g/mol. The standard InChI is InChI=1S/C45H66N14O9S2/c1-24(60)34-41(66)57-32(21-25-11-5-4-6-12-25)39(64)55-30(16-10-19-52-44(49)50)37(62)56-33(22-26-23-53-29-15-8-7-13-27(26)29)40(65)59-35(42(67)68)45(2,3)70-69-20-17-31(38(63)58-34)54-36(61)28(46)14-9-18-51-43(47)48/h4-8,11-13,15,23-24,28,30-35,53,60H,9-10,14,16-22,46H2,1-3H3,(H,54,61)(H,55,64)(H,56,62)(H,57,66)(H,58,63)(H,59,65)(H,67,68)(H4,47,48,51)(H4,49,50,52)/t24-,28-,30+,31+,32-,33+,34+,35-/m1/s1. The lowest BCUT2D eigenvalue weighted by atomic mass is 10.00. The fraction of sp³-hybridized carbons (Fsp3) is 0.489. The molecule has 23 nitrogen and oxygen atoms in total. The van der Waals surface area contributed by atoms with Crippen LogP contribution in [0.15, 0.2) is 70.8 Å². The number of aliphatic hydroxyl groups excluding tert-OH is 1. The normalized spacial score (nSPS) is 22.8. The molecule has 0 spiro atoms. The van der Waals surface area contributed by atoms with E-state index in [4.69, 9.17) is 28.7 Å². The number of aromatic nitrogens is 1. The molecule has 0 aliphatic carbocycles. The summed E-state index contributed by atoms with van der Waals surface area (Å²) in [6.07, 6.45) is 0.410. The minimum absolute atomic E-state index is 0.0546. The highest BCUT2D eigenvalue weighted by Crippen LogP contribution is 2.39. The molecule has 0 radical (unpaired) electrons. The number of carbonyl (C=O) groups excluding carboxylic acids is 6. The van der Waals surface area contributed by atoms with Gasteiger partial charge in [-0.1, -0.05) is 70.1 Å². The molecule has 1 aliphatic rings. The van der Waals surface area contributed by atoms with Crippen molar-refractivity contribution in [1.29, 1.82) is 0 Å². The van der Waals surface area contributed by atoms with E-state index in [9.17, 15) is 43.8 Å². The van der Waals surface area contributed by atoms with E-state index >= 15 is 0 Å². The second kappa shape index (κ2) is 27.0. The Bertz CT molecular complexity index is 2340. The fourth-order valence-corrected chi connectivity index (χ4v) is 10.1. The zero-order valence-corrected chi connectivity index (χ0v) is 40.9. The third-order valence-electron chi connectivity index (χ3n) is 11.2. The van der Waals surface area contributed by atoms with Gasteiger partial charge in [0.05, 0.1) is 16.9 Å². The van der Waals surface area contributed by atoms with Crippen molar-refractivity contribution in [2.45, 2.75) is 119 Å². The van der Waals surface area contributed by atoms with Crippen LogP contribution >= 0.6 is 21.6 Å². The van der Waals surface area contributed by atoms with Gasteiger partial charge in [0.1, 0.15) is 36.3 Å². The molecule has 1 fully saturated rings. The quantitative estimate of drug-likeness (QED) is 0.0330. The van der Waals surface area contributed by atoms with Crippen molar-refractivity contribution >= 4 is 85.8 Å². The van der Waals surface area contributed by atoms with Crippen LogP contribution < -0.4 is 60.6 Å². The molecular weight excluding hydrogens is 945 g/mol. The first-order chi connectivity index (χ1) is 33.2. The number of hydrogen-bond acceptors (Lipinski definition) is 13. The summed E-state index contributed by atoms with van der Waals surface area (Å²) >= 11 is 0. The van der Waals surface area contributed by atoms with E-state index in [1.807, 2.05) is 18.2 Å². The number of nitrogens with one attached hydrogen (secondary N) is 7. The Labute approximate surface area is 413 Å². The molecule has 8 atom stereocenters. The van der Waals surface area contributed by atoms with Gasteiger partial charge in [0, 0.05) is 48.8 Å². The Morgan fingerprint density at radius 1 is 0.786 bits per heavy atom. The number of carbonyl (C=O) groups is 7. The summed E-state index contributed by atoms with van der Waals surface area (Å²) in [4.78, 5) is 109. The van der Waals surface area contributed by atoms with Crippen LogP contribution in [0, 0.1) is 0 Å². The smallest absolute Gasteiger partial charge is 0.327 e. The summed E-state index contributed by atoms with van der Waals surface area (Å²) in [5.74, 6) is -6.67. The van der Waals surface area contributed by atoms with Crippen molar-refractivity contribution in [3.05, 3.63) is 71.9 Å². The number of guanidine groups is 2. The molecule has 0 bridgehead atoms. The zero-order chi connectivity index (χ0) is 51.5. The summed E-state index contributed by atoms with van der Waals surface area (Å²) in [6, 6.07) is 6.07. The van der Waals surface area contributed by atoms with Gasteiger partial charge in [0.15, 0.2) is 11.9 Å². The summed E-state index contributed by atoms with van der Waals surface area (Å²) in [5.41, 5.74) is 30.0. The van der Waals surface area contributed by atoms with Crippen LogP contribution in [0.25, 0.3) is 10.9 Å². The fourth-order valence-electron chi connectivity index (χ4n) is 7.41. The van der Waals surface area contributed by atoms with Crippen LogP contribution in [0.3, 0.4) is 0 Å². The van der Waals surface area contributed by atoms with Crippen LogP contribution in [0.1, 0.15) is 64.0 Å². The molecule has 2 aromatic carbocycles. The van der Waals surface area contributed by atoms with Gasteiger partial charge in [-0.3, -0.25) is 38.8 Å². The van der Waals surface area contributed by atoms with Gasteiger partial charge >= 0.3 is 5.97 Å². The molecule has 1 saturated heterocycles. The summed E-state index contributed by atoms with van der Waals surface area (Å²) in [5, 5.41) is 38.1. The zero-order valence-electron chi connectivity index (χ0n) is 39.3. The van der Waals surface area contributed by atoms with Crippen molar-refractivity contribution in [3.8, 4) is 0 Å². The van der Waals surface area contributed by atoms with E-state index < -0.39 is 94.6 Å². The van der Waals surface area contributed by atoms with Gasteiger partial charge in [-0.15, -0.1) is 0 Å². The maximum absolute atomic E-state index is 14.5. The van der Waals surface area contributed by atoms with Crippen LogP contribution in [-0.4, -0.2) is 141 Å². The average Bonchev–Trinajstić information content (AvgIpc) is 3.71. The Hall–Kier alpha value is -6.57. The lowest BCUT2D eigenvalue weighted by Gasteiger charge is -2.32. The lowest BCUT2D eigenvalue weighted by molar-refractivity contribution is -0.143. The Morgan fingerprint density at radius 3 is 2.03 bits per heavy atom. The molecule has 70 heavy (non-hydrogen) atoms. The maximum Gasteiger partial charge on any atom is 0.327 e. The Morgan fingerprint density at radius 2 is 1.37 bits per heavy atom. The maximum atomic E-state index is 14.5. The second-order valence-corrected chi connectivity index (χ2v) is 20.4. The number of aliphatic carboxylic acids is 1. The highest BCUT2D eigenvalue weighted by Gasteiger charge is 2.40. The summed E-state index contributed by atoms with van der Waals surface area (Å²) in [7, 11) is 2.24. The number of benzene rings is 2. The highest BCUT2D eigenvalue weighted by molar-refractivity contribution is 8.77. The minimum Gasteiger partial charge on any atom is -0.480 e. The van der Waals surface area contributed by atoms with E-state index in [0.717, 1.165) is 32.5 Å². The van der Waals surface area contributed by atoms with Gasteiger partial charge in [0.25, 0.3) is 0 Å². The topological polar surface area (TPSA) is 403 Å². The van der Waals surface area contributed by atoms with Crippen molar-refractivity contribution < 1.29 is 43.8 Å². The Kier molecular flexibility index (Phi) is 21.6. The molecule has 3 aromatic rings. The SMILES string of the molecule is C[C@@H](O)[C@@H]1NC(=O)[C@@H](NC(=O)[C@H](N)CCCN=C(N)N)CCSSC(C)(C)[C@@H](C(=O)O)NC(=O)[C@H](Cc2c[nH]c3ccccc23)NC(=O)[C@H](CCCN=C(N)N)NC(=O)[C@@H](Cc2ccccc2)NC1=O. The number of aliphatic imine (C=N–C) groups is 2.